The number of nitrogens with zero attached hydrogens (tertiary/aromatic N) is 2. The normalized spacial score (nSPS) is 12.1. The molecular formula is C46H28N2O. The number of furan rings is 1. The van der Waals surface area contributed by atoms with Gasteiger partial charge in [-0.3, -0.25) is 0 Å². The molecule has 0 saturated heterocycles. The molecule has 0 fully saturated rings. The number of rotatable bonds is 3. The van der Waals surface area contributed by atoms with E-state index in [1.807, 2.05) is 12.1 Å². The highest BCUT2D eigenvalue weighted by Crippen LogP contribution is 2.39. The molecule has 3 aromatic heterocycles. The number of para-hydroxylation sites is 3. The maximum Gasteiger partial charge on any atom is 0.135 e. The molecule has 0 radical (unpaired) electrons. The third-order valence-electron chi connectivity index (χ3n) is 10.3. The molecule has 3 heterocycles. The standard InChI is InChI=1S/C46H28N2O/c1-2-10-30-25-33(20-17-29(30)9-1)47-41-14-6-3-11-35(41)38-26-31(18-22-43(38)47)32-19-23-44-39(27-32)36-12-4-7-15-42(36)48(44)34-21-24-46-40(28-34)37-13-5-8-16-45(37)49-46/h1-28H. The minimum absolute atomic E-state index is 0.908. The van der Waals surface area contributed by atoms with Crippen LogP contribution in [0.2, 0.25) is 0 Å². The Morgan fingerprint density at radius 2 is 0.816 bits per heavy atom. The number of aromatic nitrogens is 2. The van der Waals surface area contributed by atoms with Gasteiger partial charge in [-0.05, 0) is 94.7 Å². The van der Waals surface area contributed by atoms with E-state index < -0.39 is 0 Å². The molecule has 228 valence electrons. The lowest BCUT2D eigenvalue weighted by atomic mass is 10.0. The topological polar surface area (TPSA) is 23.0 Å². The molecular weight excluding hydrogens is 597 g/mol. The van der Waals surface area contributed by atoms with Gasteiger partial charge in [0.05, 0.1) is 22.1 Å². The van der Waals surface area contributed by atoms with Crippen LogP contribution in [0.1, 0.15) is 0 Å². The monoisotopic (exact) mass is 624 g/mol. The van der Waals surface area contributed by atoms with Crippen LogP contribution >= 0.6 is 0 Å². The molecule has 0 N–H and O–H groups in total. The first-order chi connectivity index (χ1) is 24.3. The highest BCUT2D eigenvalue weighted by atomic mass is 16.3. The predicted octanol–water partition coefficient (Wildman–Crippen LogP) is 12.6. The number of hydrogen-bond donors (Lipinski definition) is 0. The molecule has 0 saturated carbocycles. The molecule has 49 heavy (non-hydrogen) atoms. The van der Waals surface area contributed by atoms with E-state index in [-0.39, 0.29) is 0 Å². The van der Waals surface area contributed by atoms with E-state index in [2.05, 4.69) is 167 Å². The van der Waals surface area contributed by atoms with Crippen molar-refractivity contribution < 1.29 is 4.42 Å². The molecule has 0 bridgehead atoms. The zero-order chi connectivity index (χ0) is 32.1. The van der Waals surface area contributed by atoms with Crippen LogP contribution in [0.5, 0.6) is 0 Å². The lowest BCUT2D eigenvalue weighted by molar-refractivity contribution is 0.669. The van der Waals surface area contributed by atoms with Crippen LogP contribution in [0.25, 0.3) is 98.8 Å². The average Bonchev–Trinajstić information content (AvgIpc) is 3.81. The Kier molecular flexibility index (Phi) is 5.38. The second kappa shape index (κ2) is 9.96. The first-order valence-electron chi connectivity index (χ1n) is 16.8. The zero-order valence-corrected chi connectivity index (χ0v) is 26.5. The van der Waals surface area contributed by atoms with Gasteiger partial charge in [0, 0.05) is 43.7 Å². The van der Waals surface area contributed by atoms with Crippen molar-refractivity contribution in [3.8, 4) is 22.5 Å². The summed E-state index contributed by atoms with van der Waals surface area (Å²) in [5, 5.41) is 9.76. The molecule has 3 nitrogen and oxygen atoms in total. The van der Waals surface area contributed by atoms with Crippen molar-refractivity contribution in [3.63, 3.8) is 0 Å². The first kappa shape index (κ1) is 26.5. The molecule has 8 aromatic carbocycles. The summed E-state index contributed by atoms with van der Waals surface area (Å²) in [4.78, 5) is 0. The van der Waals surface area contributed by atoms with Gasteiger partial charge in [0.2, 0.25) is 0 Å². The van der Waals surface area contributed by atoms with E-state index in [9.17, 15) is 0 Å². The van der Waals surface area contributed by atoms with Crippen LogP contribution in [-0.2, 0) is 0 Å². The summed E-state index contributed by atoms with van der Waals surface area (Å²) < 4.78 is 10.9. The van der Waals surface area contributed by atoms with E-state index in [0.717, 1.165) is 27.6 Å². The summed E-state index contributed by atoms with van der Waals surface area (Å²) in [7, 11) is 0. The first-order valence-corrected chi connectivity index (χ1v) is 16.8. The third kappa shape index (κ3) is 3.84. The average molecular weight is 625 g/mol. The van der Waals surface area contributed by atoms with Gasteiger partial charge in [-0.25, -0.2) is 0 Å². The lowest BCUT2D eigenvalue weighted by Crippen LogP contribution is -1.94. The third-order valence-corrected chi connectivity index (χ3v) is 10.3. The Balaban J connectivity index is 1.09. The second-order valence-corrected chi connectivity index (χ2v) is 13.0. The molecule has 11 aromatic rings. The fraction of sp³-hybridized carbons (Fsp3) is 0. The molecule has 3 heteroatoms. The molecule has 0 spiro atoms. The van der Waals surface area contributed by atoms with Gasteiger partial charge in [0.15, 0.2) is 0 Å². The van der Waals surface area contributed by atoms with Crippen molar-refractivity contribution in [3.05, 3.63) is 170 Å². The SMILES string of the molecule is c1ccc2cc(-n3c4ccccc4c4cc(-c5ccc6c(c5)c5ccccc5n6-c5ccc6oc7ccccc7c6c5)ccc43)ccc2c1. The maximum atomic E-state index is 6.15. The van der Waals surface area contributed by atoms with Gasteiger partial charge in [0.1, 0.15) is 11.2 Å². The summed E-state index contributed by atoms with van der Waals surface area (Å²) in [6, 6.07) is 61.5. The highest BCUT2D eigenvalue weighted by molar-refractivity contribution is 6.13. The quantitative estimate of drug-likeness (QED) is 0.192. The van der Waals surface area contributed by atoms with Gasteiger partial charge in [-0.2, -0.15) is 0 Å². The number of fused-ring (bicyclic) bond motifs is 10. The summed E-state index contributed by atoms with van der Waals surface area (Å²) in [5.41, 5.74) is 11.3. The largest absolute Gasteiger partial charge is 0.456 e. The van der Waals surface area contributed by atoms with E-state index in [1.165, 1.54) is 71.2 Å². The van der Waals surface area contributed by atoms with E-state index >= 15 is 0 Å². The van der Waals surface area contributed by atoms with Crippen molar-refractivity contribution in [2.45, 2.75) is 0 Å². The Bertz CT molecular complexity index is 3120. The Hall–Kier alpha value is -6.58. The summed E-state index contributed by atoms with van der Waals surface area (Å²) >= 11 is 0. The van der Waals surface area contributed by atoms with Crippen molar-refractivity contribution in [1.29, 1.82) is 0 Å². The minimum Gasteiger partial charge on any atom is -0.456 e. The van der Waals surface area contributed by atoms with E-state index in [4.69, 9.17) is 4.42 Å². The maximum absolute atomic E-state index is 6.15. The lowest BCUT2D eigenvalue weighted by Gasteiger charge is -2.10. The summed E-state index contributed by atoms with van der Waals surface area (Å²) in [6.07, 6.45) is 0. The van der Waals surface area contributed by atoms with Gasteiger partial charge in [-0.15, -0.1) is 0 Å². The van der Waals surface area contributed by atoms with Gasteiger partial charge < -0.3 is 13.6 Å². The second-order valence-electron chi connectivity index (χ2n) is 13.0. The van der Waals surface area contributed by atoms with Crippen molar-refractivity contribution in [2.75, 3.05) is 0 Å². The highest BCUT2D eigenvalue weighted by Gasteiger charge is 2.17. The van der Waals surface area contributed by atoms with Crippen LogP contribution in [0.3, 0.4) is 0 Å². The Morgan fingerprint density at radius 1 is 0.306 bits per heavy atom. The van der Waals surface area contributed by atoms with E-state index in [1.54, 1.807) is 0 Å². The molecule has 0 aliphatic carbocycles. The Labute approximate surface area is 281 Å². The van der Waals surface area contributed by atoms with Gasteiger partial charge >= 0.3 is 0 Å². The van der Waals surface area contributed by atoms with Crippen LogP contribution in [-0.4, -0.2) is 9.13 Å². The van der Waals surface area contributed by atoms with Crippen molar-refractivity contribution in [1.82, 2.24) is 9.13 Å². The van der Waals surface area contributed by atoms with Crippen molar-refractivity contribution in [2.24, 2.45) is 0 Å². The molecule has 0 amide bonds. The molecule has 0 atom stereocenters. The van der Waals surface area contributed by atoms with Crippen LogP contribution in [0.4, 0.5) is 0 Å². The summed E-state index contributed by atoms with van der Waals surface area (Å²) in [6.45, 7) is 0. The van der Waals surface area contributed by atoms with Crippen LogP contribution < -0.4 is 0 Å². The molecule has 0 aliphatic rings. The fourth-order valence-corrected chi connectivity index (χ4v) is 8.03. The number of hydrogen-bond acceptors (Lipinski definition) is 1. The molecule has 11 rings (SSSR count). The molecule has 0 unspecified atom stereocenters. The minimum atomic E-state index is 0.908. The molecule has 0 aliphatic heterocycles. The number of benzene rings is 8. The van der Waals surface area contributed by atoms with Crippen LogP contribution in [0, 0.1) is 0 Å². The Morgan fingerprint density at radius 3 is 1.51 bits per heavy atom. The van der Waals surface area contributed by atoms with Crippen LogP contribution in [0.15, 0.2) is 174 Å². The van der Waals surface area contributed by atoms with Gasteiger partial charge in [0.25, 0.3) is 0 Å². The predicted molar refractivity (Wildman–Crippen MR) is 205 cm³/mol. The van der Waals surface area contributed by atoms with Crippen molar-refractivity contribution >= 4 is 76.3 Å². The fourth-order valence-electron chi connectivity index (χ4n) is 8.03. The van der Waals surface area contributed by atoms with Gasteiger partial charge in [-0.1, -0.05) is 97.1 Å². The summed E-state index contributed by atoms with van der Waals surface area (Å²) in [5.74, 6) is 0. The van der Waals surface area contributed by atoms with E-state index in [0.29, 0.717) is 0 Å². The smallest absolute Gasteiger partial charge is 0.135 e. The zero-order valence-electron chi connectivity index (χ0n) is 26.5.